The first-order valence-corrected chi connectivity index (χ1v) is 9.72. The van der Waals surface area contributed by atoms with E-state index >= 15 is 0 Å². The molecule has 0 N–H and O–H groups in total. The molecule has 146 valence electrons. The summed E-state index contributed by atoms with van der Waals surface area (Å²) in [7, 11) is -5.40. The van der Waals surface area contributed by atoms with Crippen LogP contribution in [-0.2, 0) is 16.0 Å². The third kappa shape index (κ3) is 3.91. The van der Waals surface area contributed by atoms with Crippen molar-refractivity contribution in [2.45, 2.75) is 15.2 Å². The van der Waals surface area contributed by atoms with Gasteiger partial charge in [0.15, 0.2) is 0 Å². The summed E-state index contributed by atoms with van der Waals surface area (Å²) >= 11 is 19.2. The summed E-state index contributed by atoms with van der Waals surface area (Å²) in [5, 5.41) is 7.20. The van der Waals surface area contributed by atoms with Crippen LogP contribution in [0.25, 0.3) is 5.69 Å². The molecule has 0 saturated carbocycles. The van der Waals surface area contributed by atoms with Crippen molar-refractivity contribution >= 4 is 60.6 Å². The normalized spacial score (nSPS) is 12.9. The van der Waals surface area contributed by atoms with Gasteiger partial charge in [-0.15, -0.1) is 0 Å². The summed E-state index contributed by atoms with van der Waals surface area (Å²) in [5.41, 5.74) is -2.49. The van der Waals surface area contributed by atoms with Gasteiger partial charge in [0, 0.05) is 22.1 Å². The zero-order valence-corrected chi connectivity index (χ0v) is 16.9. The second kappa shape index (κ2) is 7.08. The van der Waals surface area contributed by atoms with Crippen molar-refractivity contribution < 1.29 is 30.4 Å². The van der Waals surface area contributed by atoms with Crippen LogP contribution in [0.15, 0.2) is 23.2 Å². The first-order chi connectivity index (χ1) is 12.1. The van der Waals surface area contributed by atoms with Crippen molar-refractivity contribution in [3.63, 3.8) is 0 Å². The molecule has 2 rings (SSSR count). The van der Waals surface area contributed by atoms with E-state index in [1.165, 1.54) is 6.07 Å². The smallest absolute Gasteiger partial charge is 0.302 e. The lowest BCUT2D eigenvalue weighted by Gasteiger charge is -2.14. The number of benzene rings is 1. The second-order valence-electron chi connectivity index (χ2n) is 4.88. The Kier molecular flexibility index (Phi) is 5.83. The minimum atomic E-state index is -5.40. The van der Waals surface area contributed by atoms with Gasteiger partial charge in [0.1, 0.15) is 21.7 Å². The molecule has 0 radical (unpaired) electrons. The number of hydrogen-bond acceptors (Lipinski definition) is 3. The van der Waals surface area contributed by atoms with E-state index in [0.717, 1.165) is 0 Å². The van der Waals surface area contributed by atoms with Crippen LogP contribution in [0.1, 0.15) is 11.1 Å². The molecule has 0 bridgehead atoms. The highest BCUT2D eigenvalue weighted by Gasteiger charge is 2.46. The molecule has 0 aliphatic carbocycles. The van der Waals surface area contributed by atoms with E-state index in [-0.39, 0.29) is 0 Å². The number of sulfone groups is 1. The summed E-state index contributed by atoms with van der Waals surface area (Å²) < 4.78 is 85.3. The molecule has 0 aliphatic heterocycles. The van der Waals surface area contributed by atoms with Crippen molar-refractivity contribution in [3.05, 3.63) is 44.7 Å². The Labute approximate surface area is 172 Å². The standard InChI is InChI=1S/C13H3BrCl3F5N2O2S/c14-13(21,22)27(25,26)9-4-24(11(17)6(9)3-23)10-7(15)1-5(2-8(10)16)12(18,19)20/h1-2,4H. The van der Waals surface area contributed by atoms with E-state index in [9.17, 15) is 30.4 Å². The first-order valence-electron chi connectivity index (χ1n) is 6.31. The van der Waals surface area contributed by atoms with E-state index in [1.54, 1.807) is 15.9 Å². The number of nitriles is 1. The molecule has 1 aromatic carbocycles. The molecule has 0 amide bonds. The van der Waals surface area contributed by atoms with Gasteiger partial charge in [-0.3, -0.25) is 0 Å². The maximum Gasteiger partial charge on any atom is 0.416 e. The zero-order valence-electron chi connectivity index (χ0n) is 12.3. The number of rotatable bonds is 3. The van der Waals surface area contributed by atoms with Crippen LogP contribution in [-0.4, -0.2) is 17.1 Å². The lowest BCUT2D eigenvalue weighted by atomic mass is 10.2. The molecule has 2 aromatic rings. The number of aromatic nitrogens is 1. The molecule has 0 spiro atoms. The van der Waals surface area contributed by atoms with Gasteiger partial charge in [-0.25, -0.2) is 8.42 Å². The molecule has 14 heteroatoms. The maximum absolute atomic E-state index is 13.4. The Balaban J connectivity index is 2.83. The molecule has 0 aliphatic rings. The minimum Gasteiger partial charge on any atom is -0.302 e. The van der Waals surface area contributed by atoms with Gasteiger partial charge in [-0.1, -0.05) is 34.8 Å². The monoisotopic (exact) mass is 530 g/mol. The van der Waals surface area contributed by atoms with E-state index in [0.29, 0.717) is 22.9 Å². The van der Waals surface area contributed by atoms with Gasteiger partial charge in [-0.05, 0) is 12.1 Å². The molecule has 1 heterocycles. The Hall–Kier alpha value is -1.06. The van der Waals surface area contributed by atoms with Crippen LogP contribution >= 0.6 is 50.7 Å². The van der Waals surface area contributed by atoms with Crippen LogP contribution in [0, 0.1) is 11.3 Å². The van der Waals surface area contributed by atoms with Crippen LogP contribution in [0.2, 0.25) is 15.2 Å². The highest BCUT2D eigenvalue weighted by atomic mass is 79.9. The van der Waals surface area contributed by atoms with E-state index < -0.39 is 57.1 Å². The summed E-state index contributed by atoms with van der Waals surface area (Å²) in [6.45, 7) is 0. The molecule has 0 atom stereocenters. The van der Waals surface area contributed by atoms with E-state index in [2.05, 4.69) is 0 Å². The van der Waals surface area contributed by atoms with Crippen LogP contribution in [0.3, 0.4) is 0 Å². The predicted octanol–water partition coefficient (Wildman–Crippen LogP) is 6.05. The summed E-state index contributed by atoms with van der Waals surface area (Å²) in [5.74, 6) is 0. The summed E-state index contributed by atoms with van der Waals surface area (Å²) in [6.07, 6.45) is -4.26. The molecule has 0 unspecified atom stereocenters. The lowest BCUT2D eigenvalue weighted by molar-refractivity contribution is -0.137. The average Bonchev–Trinajstić information content (AvgIpc) is 2.82. The molecule has 0 saturated heterocycles. The number of alkyl halides is 6. The zero-order chi connectivity index (χ0) is 20.9. The number of halogens is 9. The van der Waals surface area contributed by atoms with E-state index in [4.69, 9.17) is 40.1 Å². The molecule has 4 nitrogen and oxygen atoms in total. The van der Waals surface area contributed by atoms with Gasteiger partial charge < -0.3 is 4.57 Å². The molecular weight excluding hydrogens is 529 g/mol. The Morgan fingerprint density at radius 1 is 1.07 bits per heavy atom. The molecule has 0 fully saturated rings. The van der Waals surface area contributed by atoms with Gasteiger partial charge in [0.05, 0.1) is 21.3 Å². The Morgan fingerprint density at radius 3 is 1.93 bits per heavy atom. The predicted molar refractivity (Wildman–Crippen MR) is 91.6 cm³/mol. The first kappa shape index (κ1) is 22.2. The Bertz CT molecular complexity index is 1050. The SMILES string of the molecule is N#Cc1c(S(=O)(=O)C(F)(F)Br)cn(-c2c(Cl)cc(C(F)(F)F)cc2Cl)c1Cl. The fourth-order valence-corrected chi connectivity index (χ4v) is 4.44. The van der Waals surface area contributed by atoms with Crippen LogP contribution < -0.4 is 0 Å². The average molecular weight is 532 g/mol. The molecular formula is C13H3BrCl3F5N2O2S. The van der Waals surface area contributed by atoms with Gasteiger partial charge >= 0.3 is 10.3 Å². The lowest BCUT2D eigenvalue weighted by Crippen LogP contribution is -2.21. The Morgan fingerprint density at radius 2 is 1.56 bits per heavy atom. The topological polar surface area (TPSA) is 62.9 Å². The van der Waals surface area contributed by atoms with Crippen molar-refractivity contribution in [2.75, 3.05) is 0 Å². The van der Waals surface area contributed by atoms with Crippen molar-refractivity contribution in [2.24, 2.45) is 0 Å². The maximum atomic E-state index is 13.4. The minimum absolute atomic E-state index is 0.424. The van der Waals surface area contributed by atoms with Crippen LogP contribution in [0.5, 0.6) is 0 Å². The largest absolute Gasteiger partial charge is 0.416 e. The molecule has 27 heavy (non-hydrogen) atoms. The van der Waals surface area contributed by atoms with Crippen molar-refractivity contribution in [1.29, 1.82) is 5.26 Å². The van der Waals surface area contributed by atoms with E-state index in [1.807, 2.05) is 0 Å². The quantitative estimate of drug-likeness (QED) is 0.357. The molecule has 1 aromatic heterocycles. The number of hydrogen-bond donors (Lipinski definition) is 0. The van der Waals surface area contributed by atoms with Gasteiger partial charge in [-0.2, -0.15) is 27.2 Å². The highest BCUT2D eigenvalue weighted by molar-refractivity contribution is 9.11. The fourth-order valence-electron chi connectivity index (χ4n) is 2.01. The van der Waals surface area contributed by atoms with Crippen molar-refractivity contribution in [3.8, 4) is 11.8 Å². The second-order valence-corrected chi connectivity index (χ2v) is 9.53. The van der Waals surface area contributed by atoms with Gasteiger partial charge in [0.2, 0.25) is 0 Å². The van der Waals surface area contributed by atoms with Crippen molar-refractivity contribution in [1.82, 2.24) is 4.57 Å². The third-order valence-electron chi connectivity index (χ3n) is 3.20. The third-order valence-corrected chi connectivity index (χ3v) is 6.93. The van der Waals surface area contributed by atoms with Crippen LogP contribution in [0.4, 0.5) is 22.0 Å². The summed E-state index contributed by atoms with van der Waals surface area (Å²) in [6, 6.07) is 2.32. The fraction of sp³-hybridized carbons (Fsp3) is 0.154. The van der Waals surface area contributed by atoms with Gasteiger partial charge in [0.25, 0.3) is 9.84 Å². The number of nitrogens with zero attached hydrogens (tertiary/aromatic N) is 2. The highest BCUT2D eigenvalue weighted by Crippen LogP contribution is 2.42. The summed E-state index contributed by atoms with van der Waals surface area (Å²) in [4.78, 5) is -1.16.